The van der Waals surface area contributed by atoms with Gasteiger partial charge in [-0.15, -0.1) is 23.7 Å². The molecule has 0 aromatic carbocycles. The maximum atomic E-state index is 12.3. The fourth-order valence-corrected chi connectivity index (χ4v) is 3.49. The van der Waals surface area contributed by atoms with Crippen LogP contribution in [0.25, 0.3) is 0 Å². The SMILES string of the molecule is CCNCC1CCN(CC(=O)N(C)Cc2cccs2)CC1.Cl. The van der Waals surface area contributed by atoms with E-state index in [-0.39, 0.29) is 18.3 Å². The molecular weight excluding hydrogens is 318 g/mol. The van der Waals surface area contributed by atoms with Crippen molar-refractivity contribution in [2.24, 2.45) is 5.92 Å². The number of likely N-dealkylation sites (N-methyl/N-ethyl adjacent to an activating group) is 1. The number of nitrogens with one attached hydrogen (secondary N) is 1. The number of hydrogen-bond donors (Lipinski definition) is 1. The molecule has 0 spiro atoms. The van der Waals surface area contributed by atoms with Crippen molar-refractivity contribution < 1.29 is 4.79 Å². The van der Waals surface area contributed by atoms with Crippen molar-refractivity contribution in [2.45, 2.75) is 26.3 Å². The molecule has 1 N–H and O–H groups in total. The molecule has 4 nitrogen and oxygen atoms in total. The smallest absolute Gasteiger partial charge is 0.236 e. The van der Waals surface area contributed by atoms with E-state index in [0.29, 0.717) is 6.54 Å². The highest BCUT2D eigenvalue weighted by molar-refractivity contribution is 7.09. The van der Waals surface area contributed by atoms with Gasteiger partial charge in [0.2, 0.25) is 5.91 Å². The molecule has 0 saturated carbocycles. The molecular formula is C16H28ClN3OS. The number of amides is 1. The summed E-state index contributed by atoms with van der Waals surface area (Å²) in [6.45, 7) is 7.71. The summed E-state index contributed by atoms with van der Waals surface area (Å²) in [4.78, 5) is 17.7. The van der Waals surface area contributed by atoms with Gasteiger partial charge in [0.15, 0.2) is 0 Å². The second-order valence-electron chi connectivity index (χ2n) is 5.86. The molecule has 2 rings (SSSR count). The van der Waals surface area contributed by atoms with Crippen LogP contribution in [0.2, 0.25) is 0 Å². The molecule has 2 heterocycles. The molecule has 0 radical (unpaired) electrons. The van der Waals surface area contributed by atoms with Gasteiger partial charge in [-0.05, 0) is 56.4 Å². The van der Waals surface area contributed by atoms with Gasteiger partial charge in [-0.2, -0.15) is 0 Å². The highest BCUT2D eigenvalue weighted by Crippen LogP contribution is 2.17. The molecule has 1 aromatic rings. The van der Waals surface area contributed by atoms with E-state index in [1.54, 1.807) is 11.3 Å². The van der Waals surface area contributed by atoms with Gasteiger partial charge in [-0.25, -0.2) is 0 Å². The van der Waals surface area contributed by atoms with E-state index in [4.69, 9.17) is 0 Å². The van der Waals surface area contributed by atoms with Crippen LogP contribution in [-0.4, -0.2) is 55.5 Å². The Balaban J connectivity index is 0.00000242. The Hall–Kier alpha value is -0.620. The molecule has 126 valence electrons. The second kappa shape index (κ2) is 10.2. The maximum Gasteiger partial charge on any atom is 0.236 e. The summed E-state index contributed by atoms with van der Waals surface area (Å²) >= 11 is 1.71. The van der Waals surface area contributed by atoms with Gasteiger partial charge in [-0.3, -0.25) is 9.69 Å². The first-order chi connectivity index (χ1) is 10.2. The summed E-state index contributed by atoms with van der Waals surface area (Å²) < 4.78 is 0. The lowest BCUT2D eigenvalue weighted by atomic mass is 9.97. The quantitative estimate of drug-likeness (QED) is 0.824. The third kappa shape index (κ3) is 6.24. The van der Waals surface area contributed by atoms with E-state index in [1.807, 2.05) is 18.0 Å². The molecule has 22 heavy (non-hydrogen) atoms. The Morgan fingerprint density at radius 2 is 2.18 bits per heavy atom. The minimum Gasteiger partial charge on any atom is -0.340 e. The third-order valence-corrected chi connectivity index (χ3v) is 5.01. The lowest BCUT2D eigenvalue weighted by Crippen LogP contribution is -2.43. The number of hydrogen-bond acceptors (Lipinski definition) is 4. The molecule has 0 atom stereocenters. The maximum absolute atomic E-state index is 12.3. The normalized spacial score (nSPS) is 16.3. The van der Waals surface area contributed by atoms with Crippen molar-refractivity contribution in [3.8, 4) is 0 Å². The minimum atomic E-state index is 0. The molecule has 0 bridgehead atoms. The molecule has 1 fully saturated rings. The van der Waals surface area contributed by atoms with Gasteiger partial charge in [0.1, 0.15) is 0 Å². The Morgan fingerprint density at radius 1 is 1.45 bits per heavy atom. The van der Waals surface area contributed by atoms with E-state index in [2.05, 4.69) is 28.6 Å². The average molecular weight is 346 g/mol. The molecule has 0 aliphatic carbocycles. The van der Waals surface area contributed by atoms with Crippen molar-refractivity contribution in [3.05, 3.63) is 22.4 Å². The fourth-order valence-electron chi connectivity index (χ4n) is 2.73. The highest BCUT2D eigenvalue weighted by atomic mass is 35.5. The number of likely N-dealkylation sites (tertiary alicyclic amines) is 1. The Morgan fingerprint density at radius 3 is 2.77 bits per heavy atom. The molecule has 1 aliphatic heterocycles. The average Bonchev–Trinajstić information content (AvgIpc) is 2.99. The summed E-state index contributed by atoms with van der Waals surface area (Å²) in [6.07, 6.45) is 2.41. The Labute approximate surface area is 144 Å². The van der Waals surface area contributed by atoms with Crippen molar-refractivity contribution in [1.29, 1.82) is 0 Å². The first-order valence-corrected chi connectivity index (χ1v) is 8.76. The van der Waals surface area contributed by atoms with Gasteiger partial charge >= 0.3 is 0 Å². The van der Waals surface area contributed by atoms with Crippen LogP contribution in [0.15, 0.2) is 17.5 Å². The van der Waals surface area contributed by atoms with E-state index in [0.717, 1.165) is 38.6 Å². The first kappa shape index (κ1) is 19.4. The Bertz CT molecular complexity index is 419. The predicted molar refractivity (Wildman–Crippen MR) is 95.7 cm³/mol. The van der Waals surface area contributed by atoms with E-state index >= 15 is 0 Å². The van der Waals surface area contributed by atoms with Crippen LogP contribution in [0.1, 0.15) is 24.6 Å². The van der Waals surface area contributed by atoms with E-state index in [9.17, 15) is 4.79 Å². The third-order valence-electron chi connectivity index (χ3n) is 4.15. The standard InChI is InChI=1S/C16H27N3OS.ClH/c1-3-17-11-14-6-8-19(9-7-14)13-16(20)18(2)12-15-5-4-10-21-15;/h4-5,10,14,17H,3,6-9,11-13H2,1-2H3;1H. The number of carbonyl (C=O) groups excluding carboxylic acids is 1. The molecule has 1 saturated heterocycles. The van der Waals surface area contributed by atoms with Gasteiger partial charge < -0.3 is 10.2 Å². The zero-order valence-electron chi connectivity index (χ0n) is 13.6. The second-order valence-corrected chi connectivity index (χ2v) is 6.89. The summed E-state index contributed by atoms with van der Waals surface area (Å²) in [5.74, 6) is 1.01. The number of carbonyl (C=O) groups is 1. The molecule has 1 aromatic heterocycles. The number of nitrogens with zero attached hydrogens (tertiary/aromatic N) is 2. The molecule has 1 aliphatic rings. The Kier molecular flexibility index (Phi) is 9.02. The molecule has 1 amide bonds. The monoisotopic (exact) mass is 345 g/mol. The van der Waals surface area contributed by atoms with Crippen molar-refractivity contribution in [2.75, 3.05) is 39.8 Å². The minimum absolute atomic E-state index is 0. The van der Waals surface area contributed by atoms with Crippen LogP contribution >= 0.6 is 23.7 Å². The number of piperidine rings is 1. The molecule has 0 unspecified atom stereocenters. The fraction of sp³-hybridized carbons (Fsp3) is 0.688. The number of thiophene rings is 1. The van der Waals surface area contributed by atoms with Crippen molar-refractivity contribution in [1.82, 2.24) is 15.1 Å². The van der Waals surface area contributed by atoms with Crippen LogP contribution in [-0.2, 0) is 11.3 Å². The zero-order valence-corrected chi connectivity index (χ0v) is 15.2. The summed E-state index contributed by atoms with van der Waals surface area (Å²) in [5, 5.41) is 5.48. The van der Waals surface area contributed by atoms with E-state index < -0.39 is 0 Å². The summed E-state index contributed by atoms with van der Waals surface area (Å²) in [5.41, 5.74) is 0. The van der Waals surface area contributed by atoms with Crippen molar-refractivity contribution >= 4 is 29.7 Å². The highest BCUT2D eigenvalue weighted by Gasteiger charge is 2.21. The van der Waals surface area contributed by atoms with Gasteiger partial charge in [-0.1, -0.05) is 13.0 Å². The number of rotatable bonds is 7. The van der Waals surface area contributed by atoms with Crippen LogP contribution in [0, 0.1) is 5.92 Å². The van der Waals surface area contributed by atoms with Crippen LogP contribution < -0.4 is 5.32 Å². The largest absolute Gasteiger partial charge is 0.340 e. The van der Waals surface area contributed by atoms with Crippen LogP contribution in [0.4, 0.5) is 0 Å². The van der Waals surface area contributed by atoms with Crippen molar-refractivity contribution in [3.63, 3.8) is 0 Å². The van der Waals surface area contributed by atoms with Crippen LogP contribution in [0.3, 0.4) is 0 Å². The summed E-state index contributed by atoms with van der Waals surface area (Å²) in [6, 6.07) is 4.12. The van der Waals surface area contributed by atoms with Gasteiger partial charge in [0.05, 0.1) is 13.1 Å². The number of halogens is 1. The van der Waals surface area contributed by atoms with Crippen LogP contribution in [0.5, 0.6) is 0 Å². The van der Waals surface area contributed by atoms with Gasteiger partial charge in [0.25, 0.3) is 0 Å². The first-order valence-electron chi connectivity index (χ1n) is 7.88. The predicted octanol–water partition coefficient (Wildman–Crippen LogP) is 2.45. The summed E-state index contributed by atoms with van der Waals surface area (Å²) in [7, 11) is 1.90. The lowest BCUT2D eigenvalue weighted by Gasteiger charge is -2.32. The van der Waals surface area contributed by atoms with Gasteiger partial charge in [0, 0.05) is 11.9 Å². The topological polar surface area (TPSA) is 35.6 Å². The molecule has 6 heteroatoms. The zero-order chi connectivity index (χ0) is 15.1. The van der Waals surface area contributed by atoms with E-state index in [1.165, 1.54) is 17.7 Å². The lowest BCUT2D eigenvalue weighted by molar-refractivity contribution is -0.132.